The number of rotatable bonds is 2. The van der Waals surface area contributed by atoms with E-state index in [2.05, 4.69) is 16.8 Å². The van der Waals surface area contributed by atoms with Gasteiger partial charge in [0.1, 0.15) is 23.2 Å². The van der Waals surface area contributed by atoms with E-state index < -0.39 is 5.63 Å². The number of Topliss-reactive ketones (excluding diaryl/α,β-unsaturated/α-hetero) is 1. The number of piperazine rings is 1. The lowest BCUT2D eigenvalue weighted by molar-refractivity contribution is 0.0871. The maximum absolute atomic E-state index is 12.5. The number of carbonyl (C=O) groups is 1. The monoisotopic (exact) mass is 358 g/mol. The zero-order chi connectivity index (χ0) is 18.4. The molecule has 1 fully saturated rings. The molecule has 2 aliphatic rings. The van der Waals surface area contributed by atoms with Crippen LogP contribution in [0.5, 0.6) is 11.5 Å². The lowest BCUT2D eigenvalue weighted by Crippen LogP contribution is -2.44. The molecule has 1 aromatic carbocycles. The van der Waals surface area contributed by atoms with Crippen LogP contribution >= 0.6 is 0 Å². The van der Waals surface area contributed by atoms with Crippen LogP contribution in [0.15, 0.2) is 21.3 Å². The minimum atomic E-state index is -0.527. The second-order valence-electron chi connectivity index (χ2n) is 7.20. The molecule has 1 unspecified atom stereocenters. The molecule has 3 heterocycles. The fraction of sp³-hybridized carbons (Fsp3) is 0.474. The van der Waals surface area contributed by atoms with Crippen molar-refractivity contribution in [3.8, 4) is 11.5 Å². The van der Waals surface area contributed by atoms with E-state index in [-0.39, 0.29) is 41.0 Å². The van der Waals surface area contributed by atoms with E-state index in [9.17, 15) is 14.7 Å². The Morgan fingerprint density at radius 2 is 1.92 bits per heavy atom. The van der Waals surface area contributed by atoms with Crippen LogP contribution in [0.4, 0.5) is 0 Å². The van der Waals surface area contributed by atoms with Crippen molar-refractivity contribution in [3.63, 3.8) is 0 Å². The Labute approximate surface area is 150 Å². The van der Waals surface area contributed by atoms with Crippen molar-refractivity contribution in [2.45, 2.75) is 26.0 Å². The molecule has 2 aromatic rings. The highest BCUT2D eigenvalue weighted by Gasteiger charge is 2.30. The van der Waals surface area contributed by atoms with Crippen LogP contribution < -0.4 is 10.4 Å². The van der Waals surface area contributed by atoms with Gasteiger partial charge in [-0.05, 0) is 19.5 Å². The first-order valence-electron chi connectivity index (χ1n) is 8.86. The van der Waals surface area contributed by atoms with E-state index in [0.29, 0.717) is 17.5 Å². The quantitative estimate of drug-likeness (QED) is 0.817. The van der Waals surface area contributed by atoms with E-state index in [1.807, 2.05) is 0 Å². The molecule has 1 atom stereocenters. The van der Waals surface area contributed by atoms with E-state index in [1.165, 1.54) is 12.1 Å². The van der Waals surface area contributed by atoms with Gasteiger partial charge < -0.3 is 19.2 Å². The molecule has 0 radical (unpaired) electrons. The number of phenols is 1. The number of phenolic OH excluding ortho intramolecular Hbond substituents is 1. The molecule has 0 spiro atoms. The Morgan fingerprint density at radius 1 is 1.19 bits per heavy atom. The van der Waals surface area contributed by atoms with Crippen molar-refractivity contribution in [2.24, 2.45) is 0 Å². The fourth-order valence-corrected chi connectivity index (χ4v) is 3.73. The number of carbonyl (C=O) groups excluding carboxylic acids is 1. The fourth-order valence-electron chi connectivity index (χ4n) is 3.73. The van der Waals surface area contributed by atoms with Crippen LogP contribution in [-0.4, -0.2) is 60.0 Å². The molecule has 0 amide bonds. The second-order valence-corrected chi connectivity index (χ2v) is 7.20. The van der Waals surface area contributed by atoms with Gasteiger partial charge in [-0.3, -0.25) is 9.69 Å². The SMILES string of the molecule is CC1CC(=O)c2c(cc(O)c3c(CN4CCN(C)CC4)cc(=O)oc23)O1. The third-order valence-corrected chi connectivity index (χ3v) is 5.11. The van der Waals surface area contributed by atoms with Crippen molar-refractivity contribution in [2.75, 3.05) is 33.2 Å². The highest BCUT2D eigenvalue weighted by Crippen LogP contribution is 2.40. The zero-order valence-corrected chi connectivity index (χ0v) is 14.9. The molecule has 138 valence electrons. The Morgan fingerprint density at radius 3 is 2.65 bits per heavy atom. The van der Waals surface area contributed by atoms with Crippen LogP contribution in [0, 0.1) is 0 Å². The topological polar surface area (TPSA) is 83.2 Å². The third-order valence-electron chi connectivity index (χ3n) is 5.11. The summed E-state index contributed by atoms with van der Waals surface area (Å²) in [4.78, 5) is 29.1. The highest BCUT2D eigenvalue weighted by molar-refractivity contribution is 6.11. The van der Waals surface area contributed by atoms with Gasteiger partial charge in [0.15, 0.2) is 11.4 Å². The summed E-state index contributed by atoms with van der Waals surface area (Å²) in [6, 6.07) is 2.86. The molecular formula is C19H22N2O5. The number of likely N-dealkylation sites (N-methyl/N-ethyl adjacent to an activating group) is 1. The summed E-state index contributed by atoms with van der Waals surface area (Å²) in [5.41, 5.74) is 0.537. The Balaban J connectivity index is 1.83. The molecule has 26 heavy (non-hydrogen) atoms. The first-order valence-corrected chi connectivity index (χ1v) is 8.86. The van der Waals surface area contributed by atoms with Gasteiger partial charge in [0, 0.05) is 51.3 Å². The Bertz CT molecular complexity index is 928. The van der Waals surface area contributed by atoms with Gasteiger partial charge in [-0.25, -0.2) is 4.79 Å². The summed E-state index contributed by atoms with van der Waals surface area (Å²) in [7, 11) is 2.08. The number of ketones is 1. The average molecular weight is 358 g/mol. The van der Waals surface area contributed by atoms with Crippen molar-refractivity contribution in [1.29, 1.82) is 0 Å². The van der Waals surface area contributed by atoms with E-state index in [0.717, 1.165) is 26.2 Å². The predicted molar refractivity (Wildman–Crippen MR) is 96.0 cm³/mol. The number of hydrogen-bond acceptors (Lipinski definition) is 7. The van der Waals surface area contributed by atoms with Crippen LogP contribution in [0.3, 0.4) is 0 Å². The molecule has 7 nitrogen and oxygen atoms in total. The standard InChI is InChI=1S/C19H22N2O5/c1-11-7-13(22)18-15(25-11)9-14(23)17-12(8-16(24)26-19(17)18)10-21-5-3-20(2)4-6-21/h8-9,11,23H,3-7,10H2,1-2H3. The average Bonchev–Trinajstić information content (AvgIpc) is 2.55. The molecule has 0 bridgehead atoms. The van der Waals surface area contributed by atoms with Crippen LogP contribution in [0.2, 0.25) is 0 Å². The highest BCUT2D eigenvalue weighted by atomic mass is 16.5. The number of aromatic hydroxyl groups is 1. The lowest BCUT2D eigenvalue weighted by atomic mass is 9.96. The minimum Gasteiger partial charge on any atom is -0.507 e. The first kappa shape index (κ1) is 17.1. The summed E-state index contributed by atoms with van der Waals surface area (Å²) < 4.78 is 11.0. The van der Waals surface area contributed by atoms with Gasteiger partial charge in [-0.2, -0.15) is 0 Å². The molecule has 1 saturated heterocycles. The first-order chi connectivity index (χ1) is 12.4. The van der Waals surface area contributed by atoms with Crippen LogP contribution in [0.25, 0.3) is 11.0 Å². The number of hydrogen-bond donors (Lipinski definition) is 1. The van der Waals surface area contributed by atoms with Gasteiger partial charge in [0.2, 0.25) is 0 Å². The molecule has 7 heteroatoms. The van der Waals surface area contributed by atoms with Crippen LogP contribution in [0.1, 0.15) is 29.3 Å². The Kier molecular flexibility index (Phi) is 4.20. The van der Waals surface area contributed by atoms with Crippen LogP contribution in [-0.2, 0) is 6.54 Å². The Hall–Kier alpha value is -2.38. The molecule has 1 aromatic heterocycles. The lowest BCUT2D eigenvalue weighted by Gasteiger charge is -2.32. The molecule has 4 rings (SSSR count). The van der Waals surface area contributed by atoms with Gasteiger partial charge in [-0.15, -0.1) is 0 Å². The number of ether oxygens (including phenoxy) is 1. The molecule has 0 aliphatic carbocycles. The molecule has 0 saturated carbocycles. The maximum Gasteiger partial charge on any atom is 0.336 e. The van der Waals surface area contributed by atoms with E-state index in [1.54, 1.807) is 6.92 Å². The summed E-state index contributed by atoms with van der Waals surface area (Å²) in [5, 5.41) is 11.0. The largest absolute Gasteiger partial charge is 0.507 e. The second kappa shape index (κ2) is 6.41. The van der Waals surface area contributed by atoms with Crippen molar-refractivity contribution >= 4 is 16.8 Å². The minimum absolute atomic E-state index is 0.0338. The van der Waals surface area contributed by atoms with Crippen molar-refractivity contribution in [1.82, 2.24) is 9.80 Å². The van der Waals surface area contributed by atoms with Gasteiger partial charge in [0.05, 0.1) is 5.39 Å². The smallest absolute Gasteiger partial charge is 0.336 e. The van der Waals surface area contributed by atoms with Crippen molar-refractivity contribution < 1.29 is 19.1 Å². The van der Waals surface area contributed by atoms with Gasteiger partial charge in [-0.1, -0.05) is 0 Å². The normalized spacial score (nSPS) is 21.6. The zero-order valence-electron chi connectivity index (χ0n) is 14.9. The molecular weight excluding hydrogens is 336 g/mol. The number of nitrogens with zero attached hydrogens (tertiary/aromatic N) is 2. The van der Waals surface area contributed by atoms with Crippen molar-refractivity contribution in [3.05, 3.63) is 33.7 Å². The predicted octanol–water partition coefficient (Wildman–Crippen LogP) is 1.60. The van der Waals surface area contributed by atoms with Gasteiger partial charge in [0.25, 0.3) is 0 Å². The summed E-state index contributed by atoms with van der Waals surface area (Å²) in [6.07, 6.45) is -0.0497. The number of fused-ring (bicyclic) bond motifs is 3. The molecule has 2 aliphatic heterocycles. The van der Waals surface area contributed by atoms with E-state index in [4.69, 9.17) is 9.15 Å². The summed E-state index contributed by atoms with van der Waals surface area (Å²) >= 11 is 0. The maximum atomic E-state index is 12.5. The van der Waals surface area contributed by atoms with Gasteiger partial charge >= 0.3 is 5.63 Å². The summed E-state index contributed by atoms with van der Waals surface area (Å²) in [6.45, 7) is 5.97. The summed E-state index contributed by atoms with van der Waals surface area (Å²) in [5.74, 6) is 0.107. The number of benzene rings is 1. The third kappa shape index (κ3) is 2.97. The molecule has 1 N–H and O–H groups in total. The van der Waals surface area contributed by atoms with E-state index >= 15 is 0 Å².